The summed E-state index contributed by atoms with van der Waals surface area (Å²) in [4.78, 5) is 22.7. The first-order valence-corrected chi connectivity index (χ1v) is 10.8. The van der Waals surface area contributed by atoms with E-state index in [-0.39, 0.29) is 11.7 Å². The molecule has 3 aromatic heterocycles. The molecule has 2 aromatic carbocycles. The summed E-state index contributed by atoms with van der Waals surface area (Å²) in [5.41, 5.74) is 5.92. The molecular weight excluding hydrogens is 417 g/mol. The Morgan fingerprint density at radius 2 is 1.97 bits per heavy atom. The molecule has 162 valence electrons. The van der Waals surface area contributed by atoms with Crippen molar-refractivity contribution in [3.8, 4) is 11.3 Å². The molecule has 0 aliphatic carbocycles. The van der Waals surface area contributed by atoms with Gasteiger partial charge in [-0.1, -0.05) is 36.4 Å². The number of nitrogens with one attached hydrogen (secondary N) is 1. The van der Waals surface area contributed by atoms with E-state index >= 15 is 0 Å². The highest BCUT2D eigenvalue weighted by Crippen LogP contribution is 2.30. The number of rotatable bonds is 3. The lowest BCUT2D eigenvalue weighted by Gasteiger charge is -2.26. The van der Waals surface area contributed by atoms with Crippen LogP contribution in [0.3, 0.4) is 0 Å². The van der Waals surface area contributed by atoms with E-state index in [0.717, 1.165) is 39.7 Å². The first-order valence-electron chi connectivity index (χ1n) is 10.8. The normalized spacial score (nSPS) is 14.1. The van der Waals surface area contributed by atoms with Crippen molar-refractivity contribution in [2.24, 2.45) is 0 Å². The quantitative estimate of drug-likeness (QED) is 0.435. The van der Waals surface area contributed by atoms with Crippen LogP contribution in [0.5, 0.6) is 0 Å². The van der Waals surface area contributed by atoms with Crippen LogP contribution in [0, 0.1) is 5.82 Å². The fourth-order valence-electron chi connectivity index (χ4n) is 4.50. The van der Waals surface area contributed by atoms with Crippen LogP contribution in [-0.4, -0.2) is 43.5 Å². The van der Waals surface area contributed by atoms with Crippen molar-refractivity contribution in [3.05, 3.63) is 96.2 Å². The molecule has 4 heterocycles. The standard InChI is InChI=1S/C26H20FN5O/c27-19-6-7-20-21(15-29-23(20)14-19)17-9-12-31(13-10-17)26(33)22-16-30-32-24(8-11-28-25(22)32)18-4-2-1-3-5-18/h1-9,11,14-16,29H,10,12-13H2. The van der Waals surface area contributed by atoms with E-state index in [0.29, 0.717) is 24.3 Å². The molecule has 1 aliphatic heterocycles. The molecule has 0 spiro atoms. The number of aromatic nitrogens is 4. The minimum atomic E-state index is -0.261. The van der Waals surface area contributed by atoms with Crippen molar-refractivity contribution in [2.45, 2.75) is 6.42 Å². The number of nitrogens with zero attached hydrogens (tertiary/aromatic N) is 4. The number of amides is 1. The van der Waals surface area contributed by atoms with Crippen LogP contribution < -0.4 is 0 Å². The predicted molar refractivity (Wildman–Crippen MR) is 125 cm³/mol. The molecule has 5 aromatic rings. The lowest BCUT2D eigenvalue weighted by atomic mass is 9.98. The lowest BCUT2D eigenvalue weighted by molar-refractivity contribution is 0.0774. The van der Waals surface area contributed by atoms with Crippen molar-refractivity contribution < 1.29 is 9.18 Å². The van der Waals surface area contributed by atoms with Crippen LogP contribution in [-0.2, 0) is 0 Å². The van der Waals surface area contributed by atoms with Gasteiger partial charge in [0.25, 0.3) is 5.91 Å². The number of benzene rings is 2. The highest BCUT2D eigenvalue weighted by molar-refractivity contribution is 6.00. The minimum absolute atomic E-state index is 0.0843. The zero-order valence-electron chi connectivity index (χ0n) is 17.7. The Kier molecular flexibility index (Phi) is 4.54. The van der Waals surface area contributed by atoms with Crippen LogP contribution in [0.2, 0.25) is 0 Å². The average molecular weight is 437 g/mol. The minimum Gasteiger partial charge on any atom is -0.360 e. The number of carbonyl (C=O) groups is 1. The number of H-pyrrole nitrogens is 1. The van der Waals surface area contributed by atoms with Crippen LogP contribution in [0.15, 0.2) is 79.3 Å². The van der Waals surface area contributed by atoms with Gasteiger partial charge in [0.15, 0.2) is 5.65 Å². The van der Waals surface area contributed by atoms with E-state index in [4.69, 9.17) is 0 Å². The van der Waals surface area contributed by atoms with Gasteiger partial charge in [-0.3, -0.25) is 4.79 Å². The van der Waals surface area contributed by atoms with E-state index in [1.807, 2.05) is 47.5 Å². The van der Waals surface area contributed by atoms with Crippen molar-refractivity contribution in [2.75, 3.05) is 13.1 Å². The van der Waals surface area contributed by atoms with Gasteiger partial charge >= 0.3 is 0 Å². The monoisotopic (exact) mass is 437 g/mol. The summed E-state index contributed by atoms with van der Waals surface area (Å²) in [7, 11) is 0. The van der Waals surface area contributed by atoms with Gasteiger partial charge in [-0.2, -0.15) is 5.10 Å². The maximum absolute atomic E-state index is 13.5. The Morgan fingerprint density at radius 3 is 2.79 bits per heavy atom. The summed E-state index contributed by atoms with van der Waals surface area (Å²) in [6.07, 6.45) is 8.02. The van der Waals surface area contributed by atoms with Crippen molar-refractivity contribution in [1.82, 2.24) is 24.5 Å². The van der Waals surface area contributed by atoms with E-state index in [9.17, 15) is 9.18 Å². The number of halogens is 1. The molecule has 0 atom stereocenters. The van der Waals surface area contributed by atoms with Gasteiger partial charge in [-0.25, -0.2) is 13.9 Å². The van der Waals surface area contributed by atoms with Crippen molar-refractivity contribution in [1.29, 1.82) is 0 Å². The molecule has 1 N–H and O–H groups in total. The van der Waals surface area contributed by atoms with E-state index in [1.165, 1.54) is 12.1 Å². The Balaban J connectivity index is 1.28. The summed E-state index contributed by atoms with van der Waals surface area (Å²) in [6.45, 7) is 1.09. The number of carbonyl (C=O) groups excluding carboxylic acids is 1. The fourth-order valence-corrected chi connectivity index (χ4v) is 4.50. The first kappa shape index (κ1) is 19.4. The van der Waals surface area contributed by atoms with Gasteiger partial charge in [-0.15, -0.1) is 0 Å². The third-order valence-corrected chi connectivity index (χ3v) is 6.19. The second kappa shape index (κ2) is 7.70. The molecular formula is C26H20FN5O. The molecule has 0 saturated heterocycles. The molecule has 33 heavy (non-hydrogen) atoms. The highest BCUT2D eigenvalue weighted by atomic mass is 19.1. The largest absolute Gasteiger partial charge is 0.360 e. The molecule has 1 amide bonds. The van der Waals surface area contributed by atoms with Gasteiger partial charge in [0, 0.05) is 47.5 Å². The van der Waals surface area contributed by atoms with Gasteiger partial charge in [-0.05, 0) is 36.3 Å². The van der Waals surface area contributed by atoms with Crippen LogP contribution in [0.25, 0.3) is 33.4 Å². The Morgan fingerprint density at radius 1 is 1.09 bits per heavy atom. The lowest BCUT2D eigenvalue weighted by Crippen LogP contribution is -2.34. The molecule has 0 fully saturated rings. The first-order chi connectivity index (χ1) is 16.2. The van der Waals surface area contributed by atoms with Crippen LogP contribution in [0.4, 0.5) is 4.39 Å². The molecule has 0 bridgehead atoms. The van der Waals surface area contributed by atoms with Crippen molar-refractivity contribution >= 4 is 28.0 Å². The summed E-state index contributed by atoms with van der Waals surface area (Å²) < 4.78 is 15.2. The molecule has 0 saturated carbocycles. The van der Waals surface area contributed by atoms with Gasteiger partial charge in [0.1, 0.15) is 11.4 Å². The smallest absolute Gasteiger partial charge is 0.259 e. The SMILES string of the molecule is O=C(c1cnn2c(-c3ccccc3)ccnc12)N1CC=C(c2c[nH]c3cc(F)ccc23)CC1. The fraction of sp³-hybridized carbons (Fsp3) is 0.115. The summed E-state index contributed by atoms with van der Waals surface area (Å²) in [5.74, 6) is -0.346. The molecule has 1 aliphatic rings. The number of hydrogen-bond donors (Lipinski definition) is 1. The summed E-state index contributed by atoms with van der Waals surface area (Å²) in [6, 6.07) is 16.6. The predicted octanol–water partition coefficient (Wildman–Crippen LogP) is 4.95. The molecule has 7 heteroatoms. The third-order valence-electron chi connectivity index (χ3n) is 6.19. The summed E-state index contributed by atoms with van der Waals surface area (Å²) in [5, 5.41) is 5.45. The van der Waals surface area contributed by atoms with E-state index in [2.05, 4.69) is 21.1 Å². The second-order valence-corrected chi connectivity index (χ2v) is 8.11. The zero-order valence-corrected chi connectivity index (χ0v) is 17.7. The maximum atomic E-state index is 13.5. The van der Waals surface area contributed by atoms with Gasteiger partial charge in [0.2, 0.25) is 0 Å². The Bertz CT molecular complexity index is 1530. The van der Waals surface area contributed by atoms with E-state index < -0.39 is 0 Å². The number of aromatic amines is 1. The topological polar surface area (TPSA) is 66.3 Å². The van der Waals surface area contributed by atoms with E-state index in [1.54, 1.807) is 23.0 Å². The molecule has 0 unspecified atom stereocenters. The van der Waals surface area contributed by atoms with Gasteiger partial charge in [0.05, 0.1) is 11.9 Å². The van der Waals surface area contributed by atoms with Crippen LogP contribution in [0.1, 0.15) is 22.3 Å². The second-order valence-electron chi connectivity index (χ2n) is 8.11. The number of hydrogen-bond acceptors (Lipinski definition) is 3. The van der Waals surface area contributed by atoms with Crippen molar-refractivity contribution in [3.63, 3.8) is 0 Å². The third kappa shape index (κ3) is 3.29. The molecule has 0 radical (unpaired) electrons. The maximum Gasteiger partial charge on any atom is 0.259 e. The van der Waals surface area contributed by atoms with Crippen LogP contribution >= 0.6 is 0 Å². The molecule has 6 rings (SSSR count). The van der Waals surface area contributed by atoms with Gasteiger partial charge < -0.3 is 9.88 Å². The highest BCUT2D eigenvalue weighted by Gasteiger charge is 2.24. The Labute approximate surface area is 189 Å². The number of fused-ring (bicyclic) bond motifs is 2. The zero-order chi connectivity index (χ0) is 22.4. The summed E-state index contributed by atoms with van der Waals surface area (Å²) >= 11 is 0. The average Bonchev–Trinajstić information content (AvgIpc) is 3.48. The molecule has 6 nitrogen and oxygen atoms in total. The Hall–Kier alpha value is -4.26.